The highest BCUT2D eigenvalue weighted by molar-refractivity contribution is 5.90. The van der Waals surface area contributed by atoms with Gasteiger partial charge in [0.1, 0.15) is 12.2 Å². The second-order valence-electron chi connectivity index (χ2n) is 2.48. The highest BCUT2D eigenvalue weighted by Crippen LogP contribution is 2.13. The first-order chi connectivity index (χ1) is 5.65. The van der Waals surface area contributed by atoms with Gasteiger partial charge < -0.3 is 14.9 Å². The second-order valence-corrected chi connectivity index (χ2v) is 2.48. The lowest BCUT2D eigenvalue weighted by atomic mass is 10.0. The average Bonchev–Trinajstić information content (AvgIpc) is 2.05. The van der Waals surface area contributed by atoms with Crippen molar-refractivity contribution in [3.63, 3.8) is 0 Å². The monoisotopic (exact) mass is 170 g/mol. The van der Waals surface area contributed by atoms with E-state index in [0.717, 1.165) is 0 Å². The number of aliphatic hydroxyl groups excluding tert-OH is 1. The summed E-state index contributed by atoms with van der Waals surface area (Å²) in [7, 11) is 1.42. The first kappa shape index (κ1) is 8.96. The lowest BCUT2D eigenvalue weighted by Crippen LogP contribution is -2.27. The van der Waals surface area contributed by atoms with Gasteiger partial charge in [-0.25, -0.2) is 4.79 Å². The number of hydrogen-bond donors (Lipinski definition) is 2. The summed E-state index contributed by atoms with van der Waals surface area (Å²) in [4.78, 5) is 10.5. The van der Waals surface area contributed by atoms with Crippen LogP contribution < -0.4 is 0 Å². The summed E-state index contributed by atoms with van der Waals surface area (Å²) in [6.45, 7) is 0. The van der Waals surface area contributed by atoms with E-state index in [2.05, 4.69) is 0 Å². The number of carboxylic acid groups (broad SMARTS) is 1. The predicted molar refractivity (Wildman–Crippen MR) is 41.7 cm³/mol. The molecule has 0 aliphatic heterocycles. The molecule has 2 N–H and O–H groups in total. The van der Waals surface area contributed by atoms with E-state index < -0.39 is 18.2 Å². The van der Waals surface area contributed by atoms with Crippen molar-refractivity contribution in [2.24, 2.45) is 0 Å². The van der Waals surface area contributed by atoms with Crippen LogP contribution in [-0.4, -0.2) is 35.5 Å². The molecule has 4 nitrogen and oxygen atoms in total. The van der Waals surface area contributed by atoms with Crippen LogP contribution >= 0.6 is 0 Å². The predicted octanol–water partition coefficient (Wildman–Crippen LogP) is -0.0569. The zero-order valence-electron chi connectivity index (χ0n) is 6.60. The van der Waals surface area contributed by atoms with Gasteiger partial charge in [-0.3, -0.25) is 0 Å². The Balaban J connectivity index is 2.80. The molecule has 1 aliphatic carbocycles. The van der Waals surface area contributed by atoms with Crippen molar-refractivity contribution in [3.8, 4) is 0 Å². The Labute approximate surface area is 69.8 Å². The van der Waals surface area contributed by atoms with Crippen LogP contribution in [0.2, 0.25) is 0 Å². The Morgan fingerprint density at radius 1 is 1.67 bits per heavy atom. The normalized spacial score (nSPS) is 28.3. The summed E-state index contributed by atoms with van der Waals surface area (Å²) >= 11 is 0. The molecule has 0 fully saturated rings. The molecule has 0 aromatic heterocycles. The SMILES string of the molecule is COC1C=C(C(=O)O)C=CC1O. The third kappa shape index (κ3) is 1.72. The summed E-state index contributed by atoms with van der Waals surface area (Å²) in [6.07, 6.45) is 2.84. The van der Waals surface area contributed by atoms with Crippen LogP contribution in [0, 0.1) is 0 Å². The number of methoxy groups -OCH3 is 1. The molecule has 1 aliphatic rings. The molecule has 0 amide bonds. The third-order valence-electron chi connectivity index (χ3n) is 1.67. The van der Waals surface area contributed by atoms with Crippen LogP contribution in [0.15, 0.2) is 23.8 Å². The minimum Gasteiger partial charge on any atom is -0.478 e. The smallest absolute Gasteiger partial charge is 0.335 e. The maximum Gasteiger partial charge on any atom is 0.335 e. The fraction of sp³-hybridized carbons (Fsp3) is 0.375. The summed E-state index contributed by atoms with van der Waals surface area (Å²) in [5.41, 5.74) is 0.146. The minimum atomic E-state index is -1.01. The molecule has 0 bridgehead atoms. The van der Waals surface area contributed by atoms with Gasteiger partial charge in [0, 0.05) is 7.11 Å². The highest BCUT2D eigenvalue weighted by atomic mass is 16.5. The lowest BCUT2D eigenvalue weighted by Gasteiger charge is -2.18. The quantitative estimate of drug-likeness (QED) is 0.609. The maximum atomic E-state index is 10.5. The molecule has 1 rings (SSSR count). The van der Waals surface area contributed by atoms with Gasteiger partial charge in [0.15, 0.2) is 0 Å². The van der Waals surface area contributed by atoms with E-state index in [4.69, 9.17) is 9.84 Å². The minimum absolute atomic E-state index is 0.146. The molecule has 12 heavy (non-hydrogen) atoms. The van der Waals surface area contributed by atoms with Gasteiger partial charge in [-0.2, -0.15) is 0 Å². The van der Waals surface area contributed by atoms with E-state index in [1.54, 1.807) is 0 Å². The molecule has 0 spiro atoms. The molecular formula is C8H10O4. The van der Waals surface area contributed by atoms with Gasteiger partial charge in [0.25, 0.3) is 0 Å². The Kier molecular flexibility index (Phi) is 2.62. The van der Waals surface area contributed by atoms with E-state index in [-0.39, 0.29) is 5.57 Å². The van der Waals surface area contributed by atoms with Crippen molar-refractivity contribution in [2.75, 3.05) is 7.11 Å². The fourth-order valence-corrected chi connectivity index (χ4v) is 0.993. The number of carboxylic acids is 1. The van der Waals surface area contributed by atoms with E-state index in [1.165, 1.54) is 25.3 Å². The van der Waals surface area contributed by atoms with Crippen LogP contribution in [0.25, 0.3) is 0 Å². The number of hydrogen-bond acceptors (Lipinski definition) is 3. The number of rotatable bonds is 2. The van der Waals surface area contributed by atoms with Gasteiger partial charge in [-0.15, -0.1) is 0 Å². The van der Waals surface area contributed by atoms with Gasteiger partial charge in [0.2, 0.25) is 0 Å². The first-order valence-electron chi connectivity index (χ1n) is 3.49. The van der Waals surface area contributed by atoms with E-state index in [9.17, 15) is 9.90 Å². The first-order valence-corrected chi connectivity index (χ1v) is 3.49. The van der Waals surface area contributed by atoms with Crippen molar-refractivity contribution < 1.29 is 19.7 Å². The molecule has 0 aromatic rings. The van der Waals surface area contributed by atoms with Crippen LogP contribution in [0.3, 0.4) is 0 Å². The summed E-state index contributed by atoms with van der Waals surface area (Å²) in [6, 6.07) is 0. The van der Waals surface area contributed by atoms with Crippen LogP contribution in [0.1, 0.15) is 0 Å². The van der Waals surface area contributed by atoms with E-state index >= 15 is 0 Å². The van der Waals surface area contributed by atoms with Crippen molar-refractivity contribution in [1.29, 1.82) is 0 Å². The molecule has 66 valence electrons. The van der Waals surface area contributed by atoms with E-state index in [0.29, 0.717) is 0 Å². The van der Waals surface area contributed by atoms with Crippen molar-refractivity contribution in [3.05, 3.63) is 23.8 Å². The van der Waals surface area contributed by atoms with Crippen molar-refractivity contribution in [2.45, 2.75) is 12.2 Å². The van der Waals surface area contributed by atoms with Crippen molar-refractivity contribution >= 4 is 5.97 Å². The molecule has 0 radical (unpaired) electrons. The zero-order valence-corrected chi connectivity index (χ0v) is 6.60. The van der Waals surface area contributed by atoms with Gasteiger partial charge in [0.05, 0.1) is 5.57 Å². The Morgan fingerprint density at radius 3 is 2.83 bits per heavy atom. The average molecular weight is 170 g/mol. The fourth-order valence-electron chi connectivity index (χ4n) is 0.993. The zero-order chi connectivity index (χ0) is 9.14. The standard InChI is InChI=1S/C8H10O4/c1-12-7-4-5(8(10)11)2-3-6(7)9/h2-4,6-7,9H,1H3,(H,10,11). The third-order valence-corrected chi connectivity index (χ3v) is 1.67. The Hall–Kier alpha value is -1.13. The molecule has 2 unspecified atom stereocenters. The number of ether oxygens (including phenoxy) is 1. The highest BCUT2D eigenvalue weighted by Gasteiger charge is 2.20. The largest absolute Gasteiger partial charge is 0.478 e. The number of carbonyl (C=O) groups is 1. The van der Waals surface area contributed by atoms with Crippen molar-refractivity contribution in [1.82, 2.24) is 0 Å². The van der Waals surface area contributed by atoms with Gasteiger partial charge in [-0.1, -0.05) is 6.08 Å². The van der Waals surface area contributed by atoms with E-state index in [1.807, 2.05) is 0 Å². The number of aliphatic hydroxyl groups is 1. The van der Waals surface area contributed by atoms with Crippen LogP contribution in [0.4, 0.5) is 0 Å². The van der Waals surface area contributed by atoms with Crippen LogP contribution in [-0.2, 0) is 9.53 Å². The topological polar surface area (TPSA) is 66.8 Å². The molecule has 0 saturated heterocycles. The Morgan fingerprint density at radius 2 is 2.33 bits per heavy atom. The Bertz CT molecular complexity index is 241. The molecule has 2 atom stereocenters. The summed E-state index contributed by atoms with van der Waals surface area (Å²) in [5, 5.41) is 17.8. The molecule has 4 heteroatoms. The number of aliphatic carboxylic acids is 1. The molecule has 0 heterocycles. The lowest BCUT2D eigenvalue weighted by molar-refractivity contribution is -0.132. The molecule has 0 aromatic carbocycles. The van der Waals surface area contributed by atoms with Gasteiger partial charge in [-0.05, 0) is 12.2 Å². The summed E-state index contributed by atoms with van der Waals surface area (Å²) < 4.78 is 4.84. The summed E-state index contributed by atoms with van der Waals surface area (Å²) in [5.74, 6) is -1.01. The van der Waals surface area contributed by atoms with Crippen LogP contribution in [0.5, 0.6) is 0 Å². The maximum absolute atomic E-state index is 10.5. The second kappa shape index (κ2) is 3.51. The van der Waals surface area contributed by atoms with Gasteiger partial charge >= 0.3 is 5.97 Å². The molecular weight excluding hydrogens is 160 g/mol. The molecule has 0 saturated carbocycles.